The third kappa shape index (κ3) is 2.89. The van der Waals surface area contributed by atoms with Crippen molar-refractivity contribution in [1.82, 2.24) is 5.16 Å². The maximum Gasteiger partial charge on any atom is 0.263 e. The van der Waals surface area contributed by atoms with Crippen LogP contribution in [0.15, 0.2) is 45.9 Å². The van der Waals surface area contributed by atoms with Crippen molar-refractivity contribution in [2.45, 2.75) is 25.7 Å². The lowest BCUT2D eigenvalue weighted by Gasteiger charge is -2.11. The van der Waals surface area contributed by atoms with Gasteiger partial charge in [0.2, 0.25) is 0 Å². The molecule has 0 saturated heterocycles. The van der Waals surface area contributed by atoms with Gasteiger partial charge in [0.05, 0.1) is 17.4 Å². The first-order chi connectivity index (χ1) is 10.9. The van der Waals surface area contributed by atoms with Gasteiger partial charge in [0.1, 0.15) is 4.90 Å². The van der Waals surface area contributed by atoms with Crippen LogP contribution in [0.4, 0.5) is 5.69 Å². The standard InChI is InChI=1S/C16H16N2O3S2/c1-10-6-4-5-7-13(10)18-23(19,20)16-12(3)22-11(2)15(16)14-8-9-17-21-14/h4-9,18H,1-3H3. The molecule has 2 heterocycles. The summed E-state index contributed by atoms with van der Waals surface area (Å²) < 4.78 is 33.7. The third-order valence-electron chi connectivity index (χ3n) is 3.55. The van der Waals surface area contributed by atoms with Crippen molar-refractivity contribution in [3.63, 3.8) is 0 Å². The first-order valence-corrected chi connectivity index (χ1v) is 9.29. The van der Waals surface area contributed by atoms with Gasteiger partial charge < -0.3 is 4.52 Å². The summed E-state index contributed by atoms with van der Waals surface area (Å²) in [4.78, 5) is 1.85. The predicted molar refractivity (Wildman–Crippen MR) is 91.3 cm³/mol. The highest BCUT2D eigenvalue weighted by Gasteiger charge is 2.28. The molecule has 0 aliphatic rings. The Kier molecular flexibility index (Phi) is 3.99. The van der Waals surface area contributed by atoms with Crippen molar-refractivity contribution in [2.75, 3.05) is 4.72 Å². The molecule has 7 heteroatoms. The smallest absolute Gasteiger partial charge is 0.263 e. The van der Waals surface area contributed by atoms with Crippen LogP contribution < -0.4 is 4.72 Å². The average Bonchev–Trinajstić information content (AvgIpc) is 3.08. The van der Waals surface area contributed by atoms with Crippen LogP contribution >= 0.6 is 11.3 Å². The minimum atomic E-state index is -3.73. The summed E-state index contributed by atoms with van der Waals surface area (Å²) >= 11 is 1.43. The van der Waals surface area contributed by atoms with Crippen LogP contribution in [0, 0.1) is 20.8 Å². The number of thiophene rings is 1. The number of para-hydroxylation sites is 1. The molecule has 0 saturated carbocycles. The minimum absolute atomic E-state index is 0.250. The summed E-state index contributed by atoms with van der Waals surface area (Å²) in [6, 6.07) is 8.94. The van der Waals surface area contributed by atoms with Crippen LogP contribution in [0.5, 0.6) is 0 Å². The van der Waals surface area contributed by atoms with E-state index in [2.05, 4.69) is 9.88 Å². The van der Waals surface area contributed by atoms with Crippen LogP contribution in [0.2, 0.25) is 0 Å². The summed E-state index contributed by atoms with van der Waals surface area (Å²) in [5.74, 6) is 0.456. The van der Waals surface area contributed by atoms with Gasteiger partial charge in [-0.15, -0.1) is 11.3 Å². The van der Waals surface area contributed by atoms with E-state index in [0.717, 1.165) is 15.3 Å². The highest BCUT2D eigenvalue weighted by molar-refractivity contribution is 7.93. The van der Waals surface area contributed by atoms with Gasteiger partial charge in [0, 0.05) is 15.8 Å². The van der Waals surface area contributed by atoms with Crippen molar-refractivity contribution < 1.29 is 12.9 Å². The Morgan fingerprint density at radius 1 is 1.09 bits per heavy atom. The molecule has 5 nitrogen and oxygen atoms in total. The van der Waals surface area contributed by atoms with Gasteiger partial charge in [-0.2, -0.15) is 0 Å². The second-order valence-corrected chi connectivity index (χ2v) is 8.26. The van der Waals surface area contributed by atoms with E-state index in [9.17, 15) is 8.42 Å². The second-order valence-electron chi connectivity index (χ2n) is 5.22. The van der Waals surface area contributed by atoms with E-state index in [-0.39, 0.29) is 4.90 Å². The van der Waals surface area contributed by atoms with Gasteiger partial charge in [0.25, 0.3) is 10.0 Å². The zero-order valence-electron chi connectivity index (χ0n) is 13.0. The number of anilines is 1. The van der Waals surface area contributed by atoms with Crippen LogP contribution in [-0.4, -0.2) is 13.6 Å². The SMILES string of the molecule is Cc1ccccc1NS(=O)(=O)c1c(C)sc(C)c1-c1ccno1. The highest BCUT2D eigenvalue weighted by Crippen LogP contribution is 2.39. The molecule has 0 spiro atoms. The Morgan fingerprint density at radius 2 is 1.83 bits per heavy atom. The average molecular weight is 348 g/mol. The largest absolute Gasteiger partial charge is 0.356 e. The van der Waals surface area contributed by atoms with E-state index in [1.807, 2.05) is 26.0 Å². The van der Waals surface area contributed by atoms with Crippen LogP contribution in [0.3, 0.4) is 0 Å². The number of aryl methyl sites for hydroxylation is 3. The Hall–Kier alpha value is -2.12. The molecule has 3 rings (SSSR count). The fourth-order valence-corrected chi connectivity index (χ4v) is 5.50. The summed E-state index contributed by atoms with van der Waals surface area (Å²) in [5.41, 5.74) is 2.01. The molecule has 0 amide bonds. The van der Waals surface area contributed by atoms with Crippen LogP contribution in [0.1, 0.15) is 15.3 Å². The number of rotatable bonds is 4. The topological polar surface area (TPSA) is 72.2 Å². The number of aromatic nitrogens is 1. The van der Waals surface area contributed by atoms with Crippen LogP contribution in [-0.2, 0) is 10.0 Å². The Balaban J connectivity index is 2.13. The maximum absolute atomic E-state index is 12.9. The van der Waals surface area contributed by atoms with Gasteiger partial charge >= 0.3 is 0 Å². The number of hydrogen-bond acceptors (Lipinski definition) is 5. The number of nitrogens with one attached hydrogen (secondary N) is 1. The first-order valence-electron chi connectivity index (χ1n) is 6.99. The Bertz CT molecular complexity index is 942. The summed E-state index contributed by atoms with van der Waals surface area (Å²) in [5, 5.41) is 3.68. The molecule has 0 fully saturated rings. The summed E-state index contributed by atoms with van der Waals surface area (Å²) in [6.07, 6.45) is 1.51. The fourth-order valence-electron chi connectivity index (χ4n) is 2.50. The van der Waals surface area contributed by atoms with Gasteiger partial charge in [-0.25, -0.2) is 8.42 Å². The van der Waals surface area contributed by atoms with Crippen LogP contribution in [0.25, 0.3) is 11.3 Å². The van der Waals surface area contributed by atoms with Gasteiger partial charge in [-0.05, 0) is 32.4 Å². The van der Waals surface area contributed by atoms with E-state index in [1.165, 1.54) is 17.5 Å². The lowest BCUT2D eigenvalue weighted by Crippen LogP contribution is -2.15. The number of hydrogen-bond donors (Lipinski definition) is 1. The van der Waals surface area contributed by atoms with Crippen molar-refractivity contribution in [2.24, 2.45) is 0 Å². The molecule has 3 aromatic rings. The predicted octanol–water partition coefficient (Wildman–Crippen LogP) is 4.13. The molecule has 0 aliphatic carbocycles. The molecule has 0 unspecified atom stereocenters. The molecule has 0 radical (unpaired) electrons. The third-order valence-corrected chi connectivity index (χ3v) is 6.23. The zero-order chi connectivity index (χ0) is 16.6. The molecular weight excluding hydrogens is 332 g/mol. The molecule has 1 N–H and O–H groups in total. The fraction of sp³-hybridized carbons (Fsp3) is 0.188. The first kappa shape index (κ1) is 15.8. The lowest BCUT2D eigenvalue weighted by molar-refractivity contribution is 0.431. The molecule has 23 heavy (non-hydrogen) atoms. The second kappa shape index (κ2) is 5.82. The zero-order valence-corrected chi connectivity index (χ0v) is 14.6. The van der Waals surface area contributed by atoms with Gasteiger partial charge in [0.15, 0.2) is 5.76 Å². The summed E-state index contributed by atoms with van der Waals surface area (Å²) in [7, 11) is -3.73. The van der Waals surface area contributed by atoms with E-state index < -0.39 is 10.0 Å². The maximum atomic E-state index is 12.9. The molecular formula is C16H16N2O3S2. The number of benzene rings is 1. The van der Waals surface area contributed by atoms with E-state index in [1.54, 1.807) is 25.1 Å². The van der Waals surface area contributed by atoms with E-state index >= 15 is 0 Å². The lowest BCUT2D eigenvalue weighted by atomic mass is 10.2. The molecule has 120 valence electrons. The summed E-state index contributed by atoms with van der Waals surface area (Å²) in [6.45, 7) is 5.53. The van der Waals surface area contributed by atoms with Crippen molar-refractivity contribution in [1.29, 1.82) is 0 Å². The Labute approximate surface area is 139 Å². The Morgan fingerprint density at radius 3 is 2.48 bits per heavy atom. The van der Waals surface area contributed by atoms with Crippen molar-refractivity contribution in [3.8, 4) is 11.3 Å². The molecule has 2 aromatic heterocycles. The normalized spacial score (nSPS) is 11.6. The molecule has 0 bridgehead atoms. The molecule has 0 atom stereocenters. The quantitative estimate of drug-likeness (QED) is 0.769. The molecule has 0 aliphatic heterocycles. The van der Waals surface area contributed by atoms with Crippen molar-refractivity contribution >= 4 is 27.0 Å². The number of nitrogens with zero attached hydrogens (tertiary/aromatic N) is 1. The van der Waals surface area contributed by atoms with E-state index in [0.29, 0.717) is 17.0 Å². The monoisotopic (exact) mass is 348 g/mol. The van der Waals surface area contributed by atoms with Gasteiger partial charge in [-0.1, -0.05) is 23.4 Å². The van der Waals surface area contributed by atoms with Gasteiger partial charge in [-0.3, -0.25) is 4.72 Å². The minimum Gasteiger partial charge on any atom is -0.356 e. The van der Waals surface area contributed by atoms with Crippen molar-refractivity contribution in [3.05, 3.63) is 51.8 Å². The van der Waals surface area contributed by atoms with E-state index in [4.69, 9.17) is 4.52 Å². The number of sulfonamides is 1. The highest BCUT2D eigenvalue weighted by atomic mass is 32.2. The molecule has 1 aromatic carbocycles.